The van der Waals surface area contributed by atoms with Crippen molar-refractivity contribution in [3.05, 3.63) is 35.9 Å². The molecule has 28 heavy (non-hydrogen) atoms. The summed E-state index contributed by atoms with van der Waals surface area (Å²) in [6.07, 6.45) is 13.2. The van der Waals surface area contributed by atoms with Gasteiger partial charge < -0.3 is 4.90 Å². The second-order valence-electron chi connectivity index (χ2n) is 9.51. The summed E-state index contributed by atoms with van der Waals surface area (Å²) in [5.74, 6) is 0.264. The molecule has 0 bridgehead atoms. The number of nitrogens with one attached hydrogen (secondary N) is 1. The molecule has 2 atom stereocenters. The molecule has 1 aliphatic rings. The lowest BCUT2D eigenvalue weighted by molar-refractivity contribution is -0.154. The Morgan fingerprint density at radius 1 is 0.893 bits per heavy atom. The summed E-state index contributed by atoms with van der Waals surface area (Å²) in [4.78, 5) is 14.9. The van der Waals surface area contributed by atoms with Gasteiger partial charge in [-0.15, -0.1) is 0 Å². The number of carbonyl (C=O) groups is 1. The Balaban J connectivity index is 1.77. The molecule has 1 heterocycles. The van der Waals surface area contributed by atoms with E-state index in [2.05, 4.69) is 62.2 Å². The third-order valence-electron chi connectivity index (χ3n) is 5.72. The van der Waals surface area contributed by atoms with Crippen LogP contribution in [-0.4, -0.2) is 28.4 Å². The van der Waals surface area contributed by atoms with E-state index in [1.54, 1.807) is 0 Å². The van der Waals surface area contributed by atoms with Gasteiger partial charge in [0.25, 0.3) is 0 Å². The Hall–Kier alpha value is -1.35. The first-order valence-corrected chi connectivity index (χ1v) is 11.5. The molecular formula is C25H42N2O. The monoisotopic (exact) mass is 386 g/mol. The first-order chi connectivity index (χ1) is 13.4. The largest absolute Gasteiger partial charge is 0.332 e. The van der Waals surface area contributed by atoms with Crippen LogP contribution in [0, 0.1) is 0 Å². The fourth-order valence-electron chi connectivity index (χ4n) is 4.19. The standard InChI is InChI=1S/C25H42N2O/c1-5-6-7-8-9-10-11-12-16-19-22-23(26-25(2,3)4)24(28)27(22)20-21-17-14-13-15-18-21/h13-15,17-18,22-23,26H,5-12,16,19-20H2,1-4H3/t22-,23-/m1/s1. The quantitative estimate of drug-likeness (QED) is 0.329. The number of hydrogen-bond acceptors (Lipinski definition) is 2. The zero-order valence-electron chi connectivity index (χ0n) is 18.7. The third kappa shape index (κ3) is 7.58. The van der Waals surface area contributed by atoms with E-state index in [0.29, 0.717) is 6.04 Å². The first-order valence-electron chi connectivity index (χ1n) is 11.5. The molecule has 0 saturated carbocycles. The van der Waals surface area contributed by atoms with Crippen molar-refractivity contribution >= 4 is 5.91 Å². The summed E-state index contributed by atoms with van der Waals surface area (Å²) in [6.45, 7) is 9.46. The predicted molar refractivity (Wildman–Crippen MR) is 119 cm³/mol. The molecule has 1 aliphatic heterocycles. The van der Waals surface area contributed by atoms with Crippen molar-refractivity contribution in [2.24, 2.45) is 0 Å². The fourth-order valence-corrected chi connectivity index (χ4v) is 4.19. The summed E-state index contributed by atoms with van der Waals surface area (Å²) >= 11 is 0. The highest BCUT2D eigenvalue weighted by Crippen LogP contribution is 2.29. The SMILES string of the molecule is CCCCCCCCCCC[C@@H]1[C@@H](NC(C)(C)C)C(=O)N1Cc1ccccc1. The lowest BCUT2D eigenvalue weighted by atomic mass is 9.87. The second kappa shape index (κ2) is 11.6. The van der Waals surface area contributed by atoms with E-state index in [-0.39, 0.29) is 17.5 Å². The summed E-state index contributed by atoms with van der Waals surface area (Å²) in [6, 6.07) is 10.7. The zero-order chi connectivity index (χ0) is 20.4. The van der Waals surface area contributed by atoms with Gasteiger partial charge in [-0.3, -0.25) is 10.1 Å². The van der Waals surface area contributed by atoms with E-state index < -0.39 is 0 Å². The highest BCUT2D eigenvalue weighted by molar-refractivity contribution is 5.89. The number of rotatable bonds is 13. The topological polar surface area (TPSA) is 32.3 Å². The minimum Gasteiger partial charge on any atom is -0.332 e. The van der Waals surface area contributed by atoms with Crippen LogP contribution in [0.3, 0.4) is 0 Å². The molecule has 0 aliphatic carbocycles. The summed E-state index contributed by atoms with van der Waals surface area (Å²) in [5.41, 5.74) is 1.19. The molecule has 3 nitrogen and oxygen atoms in total. The van der Waals surface area contributed by atoms with Gasteiger partial charge in [0.15, 0.2) is 0 Å². The number of benzene rings is 1. The van der Waals surface area contributed by atoms with Crippen molar-refractivity contribution in [3.8, 4) is 0 Å². The van der Waals surface area contributed by atoms with Crippen LogP contribution >= 0.6 is 0 Å². The number of carbonyl (C=O) groups excluding carboxylic acids is 1. The van der Waals surface area contributed by atoms with Crippen LogP contribution in [-0.2, 0) is 11.3 Å². The van der Waals surface area contributed by atoms with Crippen LogP contribution in [0.25, 0.3) is 0 Å². The normalized spacial score (nSPS) is 19.7. The van der Waals surface area contributed by atoms with E-state index >= 15 is 0 Å². The van der Waals surface area contributed by atoms with Gasteiger partial charge >= 0.3 is 0 Å². The Kier molecular flexibility index (Phi) is 9.50. The molecule has 2 rings (SSSR count). The van der Waals surface area contributed by atoms with E-state index in [9.17, 15) is 4.79 Å². The maximum atomic E-state index is 12.8. The van der Waals surface area contributed by atoms with Gasteiger partial charge in [-0.1, -0.05) is 95.0 Å². The van der Waals surface area contributed by atoms with Gasteiger partial charge in [-0.05, 0) is 32.8 Å². The number of amides is 1. The van der Waals surface area contributed by atoms with Crippen LogP contribution in [0.5, 0.6) is 0 Å². The van der Waals surface area contributed by atoms with Crippen LogP contribution in [0.4, 0.5) is 0 Å². The molecule has 1 aromatic carbocycles. The second-order valence-corrected chi connectivity index (χ2v) is 9.51. The smallest absolute Gasteiger partial charge is 0.242 e. The molecule has 0 spiro atoms. The van der Waals surface area contributed by atoms with Gasteiger partial charge in [-0.2, -0.15) is 0 Å². The third-order valence-corrected chi connectivity index (χ3v) is 5.72. The van der Waals surface area contributed by atoms with Crippen molar-refractivity contribution in [2.75, 3.05) is 0 Å². The fraction of sp³-hybridized carbons (Fsp3) is 0.720. The minimum absolute atomic E-state index is 0.0160. The Labute approximate surface area is 173 Å². The van der Waals surface area contributed by atoms with Gasteiger partial charge in [0.05, 0.1) is 6.04 Å². The van der Waals surface area contributed by atoms with E-state index in [1.807, 2.05) is 6.07 Å². The average Bonchev–Trinajstić information content (AvgIpc) is 2.67. The van der Waals surface area contributed by atoms with Crippen molar-refractivity contribution in [1.82, 2.24) is 10.2 Å². The molecule has 1 aromatic rings. The van der Waals surface area contributed by atoms with E-state index in [0.717, 1.165) is 13.0 Å². The highest BCUT2D eigenvalue weighted by atomic mass is 16.2. The maximum Gasteiger partial charge on any atom is 0.242 e. The van der Waals surface area contributed by atoms with Gasteiger partial charge in [-0.25, -0.2) is 0 Å². The van der Waals surface area contributed by atoms with Gasteiger partial charge in [0, 0.05) is 12.1 Å². The average molecular weight is 387 g/mol. The van der Waals surface area contributed by atoms with Crippen molar-refractivity contribution in [1.29, 1.82) is 0 Å². The van der Waals surface area contributed by atoms with Gasteiger partial charge in [0.2, 0.25) is 5.91 Å². The molecule has 0 unspecified atom stereocenters. The molecular weight excluding hydrogens is 344 g/mol. The Morgan fingerprint density at radius 3 is 2.04 bits per heavy atom. The zero-order valence-corrected chi connectivity index (χ0v) is 18.7. The molecule has 1 fully saturated rings. The first kappa shape index (κ1) is 22.9. The number of hydrogen-bond donors (Lipinski definition) is 1. The predicted octanol–water partition coefficient (Wildman–Crippen LogP) is 6.08. The van der Waals surface area contributed by atoms with Crippen LogP contribution in [0.2, 0.25) is 0 Å². The number of unbranched alkanes of at least 4 members (excludes halogenated alkanes) is 8. The molecule has 1 saturated heterocycles. The number of nitrogens with zero attached hydrogens (tertiary/aromatic N) is 1. The van der Waals surface area contributed by atoms with Crippen molar-refractivity contribution < 1.29 is 4.79 Å². The lowest BCUT2D eigenvalue weighted by Crippen LogP contribution is -2.71. The van der Waals surface area contributed by atoms with Crippen LogP contribution in [0.1, 0.15) is 97.5 Å². The van der Waals surface area contributed by atoms with E-state index in [1.165, 1.54) is 63.4 Å². The minimum atomic E-state index is -0.0318. The van der Waals surface area contributed by atoms with Crippen LogP contribution < -0.4 is 5.32 Å². The number of β-lactam (4-membered cyclic amide) rings is 1. The highest BCUT2D eigenvalue weighted by Gasteiger charge is 2.47. The summed E-state index contributed by atoms with van der Waals surface area (Å²) < 4.78 is 0. The van der Waals surface area contributed by atoms with E-state index in [4.69, 9.17) is 0 Å². The van der Waals surface area contributed by atoms with Crippen molar-refractivity contribution in [3.63, 3.8) is 0 Å². The van der Waals surface area contributed by atoms with Gasteiger partial charge in [0.1, 0.15) is 6.04 Å². The number of likely N-dealkylation sites (tertiary alicyclic amines) is 1. The molecule has 0 aromatic heterocycles. The molecule has 0 radical (unpaired) electrons. The summed E-state index contributed by atoms with van der Waals surface area (Å²) in [5, 5.41) is 3.56. The lowest BCUT2D eigenvalue weighted by Gasteiger charge is -2.50. The molecule has 3 heteroatoms. The maximum absolute atomic E-state index is 12.8. The molecule has 1 N–H and O–H groups in total. The Bertz CT molecular complexity index is 564. The Morgan fingerprint density at radius 2 is 1.46 bits per heavy atom. The molecule has 158 valence electrons. The van der Waals surface area contributed by atoms with Crippen molar-refractivity contribution in [2.45, 2.75) is 116 Å². The summed E-state index contributed by atoms with van der Waals surface area (Å²) in [7, 11) is 0. The van der Waals surface area contributed by atoms with Crippen LogP contribution in [0.15, 0.2) is 30.3 Å². The molecule has 1 amide bonds.